The molecule has 5 heteroatoms. The van der Waals surface area contributed by atoms with Crippen LogP contribution in [0.25, 0.3) is 11.4 Å². The van der Waals surface area contributed by atoms with Crippen molar-refractivity contribution in [3.05, 3.63) is 40.7 Å². The van der Waals surface area contributed by atoms with Gasteiger partial charge in [-0.3, -0.25) is 9.55 Å². The number of ether oxygens (including phenoxy) is 1. The van der Waals surface area contributed by atoms with Crippen LogP contribution >= 0.6 is 11.6 Å². The lowest BCUT2D eigenvalue weighted by molar-refractivity contribution is 0.0540. The van der Waals surface area contributed by atoms with Gasteiger partial charge in [-0.15, -0.1) is 0 Å². The number of fused-ring (bicyclic) bond motifs is 1. The van der Waals surface area contributed by atoms with E-state index in [9.17, 15) is 4.79 Å². The molecule has 22 heavy (non-hydrogen) atoms. The Morgan fingerprint density at radius 3 is 2.86 bits per heavy atom. The number of aromatic nitrogens is 2. The molecule has 0 unspecified atom stereocenters. The van der Waals surface area contributed by atoms with Crippen molar-refractivity contribution in [2.24, 2.45) is 0 Å². The molecule has 0 fully saturated rings. The van der Waals surface area contributed by atoms with E-state index < -0.39 is 11.7 Å². The summed E-state index contributed by atoms with van der Waals surface area (Å²) in [4.78, 5) is 17.0. The Balaban J connectivity index is 1.99. The van der Waals surface area contributed by atoms with Crippen LogP contribution in [-0.2, 0) is 17.6 Å². The van der Waals surface area contributed by atoms with Crippen molar-refractivity contribution in [3.63, 3.8) is 0 Å². The molecule has 0 spiro atoms. The van der Waals surface area contributed by atoms with E-state index in [2.05, 4.69) is 4.98 Å². The Morgan fingerprint density at radius 2 is 2.14 bits per heavy atom. The molecule has 0 saturated carbocycles. The molecule has 2 aromatic heterocycles. The zero-order valence-electron chi connectivity index (χ0n) is 13.0. The first-order chi connectivity index (χ1) is 10.3. The smallest absolute Gasteiger partial charge is 0.419 e. The van der Waals surface area contributed by atoms with Crippen LogP contribution in [0, 0.1) is 0 Å². The molecule has 1 aliphatic carbocycles. The number of halogens is 1. The fourth-order valence-electron chi connectivity index (χ4n) is 2.68. The monoisotopic (exact) mass is 318 g/mol. The molecule has 3 rings (SSSR count). The van der Waals surface area contributed by atoms with Crippen molar-refractivity contribution in [3.8, 4) is 11.4 Å². The predicted molar refractivity (Wildman–Crippen MR) is 86.3 cm³/mol. The number of aryl methyl sites for hydroxylation is 1. The van der Waals surface area contributed by atoms with Gasteiger partial charge in [0.1, 0.15) is 5.60 Å². The van der Waals surface area contributed by atoms with Crippen LogP contribution in [-0.4, -0.2) is 21.2 Å². The lowest BCUT2D eigenvalue weighted by Crippen LogP contribution is -2.27. The molecule has 2 aromatic rings. The third-order valence-corrected chi connectivity index (χ3v) is 3.93. The molecule has 0 radical (unpaired) electrons. The standard InChI is InChI=1S/C17H19ClN2O2/c1-17(2,3)22-16(21)20-9-5-8-15(20)14-10-12(18)11-6-4-7-13(11)19-14/h5,8-10H,4,6-7H2,1-3H3. The molecule has 0 amide bonds. The molecule has 4 nitrogen and oxygen atoms in total. The molecule has 0 atom stereocenters. The van der Waals surface area contributed by atoms with Crippen molar-refractivity contribution in [2.75, 3.05) is 0 Å². The van der Waals surface area contributed by atoms with Crippen LogP contribution < -0.4 is 0 Å². The van der Waals surface area contributed by atoms with Gasteiger partial charge in [-0.25, -0.2) is 4.79 Å². The first kappa shape index (κ1) is 15.1. The van der Waals surface area contributed by atoms with Gasteiger partial charge in [0.2, 0.25) is 0 Å². The van der Waals surface area contributed by atoms with E-state index in [0.29, 0.717) is 11.4 Å². The van der Waals surface area contributed by atoms with E-state index in [4.69, 9.17) is 16.3 Å². The number of carbonyl (C=O) groups excluding carboxylic acids is 1. The van der Waals surface area contributed by atoms with E-state index in [-0.39, 0.29) is 0 Å². The summed E-state index contributed by atoms with van der Waals surface area (Å²) in [6.07, 6.45) is 4.28. The van der Waals surface area contributed by atoms with Crippen molar-refractivity contribution in [1.82, 2.24) is 9.55 Å². The first-order valence-electron chi connectivity index (χ1n) is 7.44. The quantitative estimate of drug-likeness (QED) is 0.779. The second kappa shape index (κ2) is 5.43. The Bertz CT molecular complexity index is 729. The maximum Gasteiger partial charge on any atom is 0.419 e. The van der Waals surface area contributed by atoms with Crippen LogP contribution in [0.4, 0.5) is 4.79 Å². The summed E-state index contributed by atoms with van der Waals surface area (Å²) in [5, 5.41) is 0.731. The molecule has 0 saturated heterocycles. The lowest BCUT2D eigenvalue weighted by atomic mass is 10.2. The molecule has 1 aliphatic rings. The van der Waals surface area contributed by atoms with Gasteiger partial charge < -0.3 is 4.74 Å². The van der Waals surface area contributed by atoms with Gasteiger partial charge in [-0.05, 0) is 63.8 Å². The minimum atomic E-state index is -0.540. The highest BCUT2D eigenvalue weighted by molar-refractivity contribution is 6.31. The van der Waals surface area contributed by atoms with E-state index in [1.165, 1.54) is 4.57 Å². The van der Waals surface area contributed by atoms with Crippen LogP contribution in [0.2, 0.25) is 5.02 Å². The van der Waals surface area contributed by atoms with Crippen LogP contribution in [0.5, 0.6) is 0 Å². The first-order valence-corrected chi connectivity index (χ1v) is 7.82. The molecule has 2 heterocycles. The fourth-order valence-corrected chi connectivity index (χ4v) is 2.99. The Labute approximate surface area is 135 Å². The van der Waals surface area contributed by atoms with Crippen molar-refractivity contribution < 1.29 is 9.53 Å². The van der Waals surface area contributed by atoms with Crippen molar-refractivity contribution in [1.29, 1.82) is 0 Å². The summed E-state index contributed by atoms with van der Waals surface area (Å²) in [5.74, 6) is 0. The summed E-state index contributed by atoms with van der Waals surface area (Å²) in [7, 11) is 0. The van der Waals surface area contributed by atoms with Gasteiger partial charge in [0.15, 0.2) is 0 Å². The van der Waals surface area contributed by atoms with Crippen molar-refractivity contribution in [2.45, 2.75) is 45.6 Å². The summed E-state index contributed by atoms with van der Waals surface area (Å²) in [5.41, 5.74) is 3.05. The highest BCUT2D eigenvalue weighted by Crippen LogP contribution is 2.31. The van der Waals surface area contributed by atoms with Gasteiger partial charge in [-0.1, -0.05) is 11.6 Å². The van der Waals surface area contributed by atoms with Crippen molar-refractivity contribution >= 4 is 17.7 Å². The summed E-state index contributed by atoms with van der Waals surface area (Å²) >= 11 is 6.36. The van der Waals surface area contributed by atoms with Crippen LogP contribution in [0.15, 0.2) is 24.4 Å². The predicted octanol–water partition coefficient (Wildman–Crippen LogP) is 4.48. The number of nitrogens with zero attached hydrogens (tertiary/aromatic N) is 2. The number of rotatable bonds is 1. The highest BCUT2D eigenvalue weighted by atomic mass is 35.5. The van der Waals surface area contributed by atoms with Crippen LogP contribution in [0.1, 0.15) is 38.4 Å². The minimum Gasteiger partial charge on any atom is -0.443 e. The maximum absolute atomic E-state index is 12.3. The van der Waals surface area contributed by atoms with E-state index in [1.54, 1.807) is 6.20 Å². The number of pyridine rings is 1. The molecular formula is C17H19ClN2O2. The molecule has 0 aromatic carbocycles. The van der Waals surface area contributed by atoms with E-state index in [0.717, 1.165) is 35.5 Å². The topological polar surface area (TPSA) is 44.1 Å². The Kier molecular flexibility index (Phi) is 3.73. The molecule has 0 bridgehead atoms. The third-order valence-electron chi connectivity index (χ3n) is 3.60. The number of hydrogen-bond acceptors (Lipinski definition) is 3. The van der Waals surface area contributed by atoms with Gasteiger partial charge in [0.25, 0.3) is 0 Å². The lowest BCUT2D eigenvalue weighted by Gasteiger charge is -2.20. The van der Waals surface area contributed by atoms with Gasteiger partial charge in [0, 0.05) is 16.9 Å². The zero-order chi connectivity index (χ0) is 15.9. The van der Waals surface area contributed by atoms with Gasteiger partial charge in [-0.2, -0.15) is 0 Å². The normalized spacial score (nSPS) is 14.0. The Morgan fingerprint density at radius 1 is 1.36 bits per heavy atom. The minimum absolute atomic E-state index is 0.411. The average Bonchev–Trinajstić information content (AvgIpc) is 3.05. The largest absolute Gasteiger partial charge is 0.443 e. The second-order valence-corrected chi connectivity index (χ2v) is 6.92. The van der Waals surface area contributed by atoms with Gasteiger partial charge in [0.05, 0.1) is 11.4 Å². The average molecular weight is 319 g/mol. The molecular weight excluding hydrogens is 300 g/mol. The highest BCUT2D eigenvalue weighted by Gasteiger charge is 2.22. The third kappa shape index (κ3) is 2.88. The van der Waals surface area contributed by atoms with E-state index in [1.807, 2.05) is 39.0 Å². The van der Waals surface area contributed by atoms with Gasteiger partial charge >= 0.3 is 6.09 Å². The van der Waals surface area contributed by atoms with Crippen LogP contribution in [0.3, 0.4) is 0 Å². The zero-order valence-corrected chi connectivity index (χ0v) is 13.8. The summed E-state index contributed by atoms with van der Waals surface area (Å²) < 4.78 is 6.91. The number of hydrogen-bond donors (Lipinski definition) is 0. The molecule has 0 aliphatic heterocycles. The fraction of sp³-hybridized carbons (Fsp3) is 0.412. The number of carbonyl (C=O) groups is 1. The maximum atomic E-state index is 12.3. The molecule has 116 valence electrons. The summed E-state index contributed by atoms with van der Waals surface area (Å²) in [6.45, 7) is 5.54. The summed E-state index contributed by atoms with van der Waals surface area (Å²) in [6, 6.07) is 5.49. The molecule has 0 N–H and O–H groups in total. The second-order valence-electron chi connectivity index (χ2n) is 6.51. The SMILES string of the molecule is CC(C)(C)OC(=O)n1cccc1-c1cc(Cl)c2c(n1)CCC2. The Hall–Kier alpha value is -1.81. The van der Waals surface area contributed by atoms with E-state index >= 15 is 0 Å².